The van der Waals surface area contributed by atoms with Crippen molar-refractivity contribution in [3.05, 3.63) is 46.7 Å². The highest BCUT2D eigenvalue weighted by molar-refractivity contribution is 6.31. The molecule has 2 heteroatoms. The highest BCUT2D eigenvalue weighted by Crippen LogP contribution is 2.14. The molecule has 0 atom stereocenters. The van der Waals surface area contributed by atoms with Gasteiger partial charge in [0.15, 0.2) is 0 Å². The second-order valence-corrected chi connectivity index (χ2v) is 3.01. The van der Waals surface area contributed by atoms with Crippen LogP contribution in [0.4, 0.5) is 0 Å². The van der Waals surface area contributed by atoms with E-state index >= 15 is 0 Å². The van der Waals surface area contributed by atoms with Crippen molar-refractivity contribution in [2.45, 2.75) is 13.3 Å². The zero-order valence-corrected chi connectivity index (χ0v) is 7.81. The molecule has 0 fully saturated rings. The maximum atomic E-state index is 5.82. The van der Waals surface area contributed by atoms with Crippen molar-refractivity contribution in [1.29, 1.82) is 0 Å². The number of allylic oxidation sites excluding steroid dienone is 7. The third-order valence-electron chi connectivity index (χ3n) is 1.73. The lowest BCUT2D eigenvalue weighted by Gasteiger charge is -2.04. The molecule has 1 aliphatic carbocycles. The van der Waals surface area contributed by atoms with Crippen LogP contribution in [0.3, 0.4) is 0 Å². The van der Waals surface area contributed by atoms with E-state index in [0.29, 0.717) is 0 Å². The lowest BCUT2D eigenvalue weighted by molar-refractivity contribution is 1.09. The first-order valence-electron chi connectivity index (χ1n) is 3.94. The van der Waals surface area contributed by atoms with Crippen LogP contribution in [-0.4, -0.2) is 0 Å². The average Bonchev–Trinajstić information content (AvgIpc) is 2.03. The molecule has 0 saturated carbocycles. The Balaban J connectivity index is 2.97. The van der Waals surface area contributed by atoms with Crippen molar-refractivity contribution in [2.75, 3.05) is 0 Å². The summed E-state index contributed by atoms with van der Waals surface area (Å²) in [5, 5.41) is 0.727. The highest BCUT2D eigenvalue weighted by atomic mass is 35.5. The van der Waals surface area contributed by atoms with Gasteiger partial charge in [-0.3, -0.25) is 0 Å². The molecule has 2 N–H and O–H groups in total. The van der Waals surface area contributed by atoms with Crippen molar-refractivity contribution in [2.24, 2.45) is 5.73 Å². The van der Waals surface area contributed by atoms with Crippen molar-refractivity contribution in [3.63, 3.8) is 0 Å². The number of hydrogen-bond acceptors (Lipinski definition) is 1. The van der Waals surface area contributed by atoms with Gasteiger partial charge in [0.05, 0.1) is 0 Å². The van der Waals surface area contributed by atoms with Gasteiger partial charge >= 0.3 is 0 Å². The molecule has 0 aromatic heterocycles. The number of rotatable bonds is 1. The molecule has 0 aromatic carbocycles. The van der Waals surface area contributed by atoms with Crippen molar-refractivity contribution in [1.82, 2.24) is 0 Å². The van der Waals surface area contributed by atoms with Gasteiger partial charge in [-0.05, 0) is 30.2 Å². The van der Waals surface area contributed by atoms with Crippen LogP contribution >= 0.6 is 11.6 Å². The van der Waals surface area contributed by atoms with Crippen LogP contribution in [0.2, 0.25) is 0 Å². The summed E-state index contributed by atoms with van der Waals surface area (Å²) in [7, 11) is 0. The second kappa shape index (κ2) is 4.17. The van der Waals surface area contributed by atoms with E-state index < -0.39 is 0 Å². The monoisotopic (exact) mass is 181 g/mol. The van der Waals surface area contributed by atoms with E-state index in [-0.39, 0.29) is 0 Å². The van der Waals surface area contributed by atoms with Crippen LogP contribution < -0.4 is 5.73 Å². The summed E-state index contributed by atoms with van der Waals surface area (Å²) in [5.41, 5.74) is 7.71. The van der Waals surface area contributed by atoms with Crippen LogP contribution in [-0.2, 0) is 0 Å². The van der Waals surface area contributed by atoms with Crippen molar-refractivity contribution >= 4 is 11.6 Å². The molecule has 0 heterocycles. The van der Waals surface area contributed by atoms with Crippen LogP contribution in [0.15, 0.2) is 46.7 Å². The van der Waals surface area contributed by atoms with Crippen LogP contribution in [0.5, 0.6) is 0 Å². The van der Waals surface area contributed by atoms with E-state index in [0.717, 1.165) is 22.7 Å². The Morgan fingerprint density at radius 2 is 2.08 bits per heavy atom. The summed E-state index contributed by atoms with van der Waals surface area (Å²) >= 11 is 5.82. The molecule has 0 spiro atoms. The summed E-state index contributed by atoms with van der Waals surface area (Å²) in [4.78, 5) is 0. The normalized spacial score (nSPS) is 33.0. The maximum absolute atomic E-state index is 5.82. The Labute approximate surface area is 77.9 Å². The minimum atomic E-state index is 0.727. The van der Waals surface area contributed by atoms with Crippen LogP contribution in [0, 0.1) is 0 Å². The minimum Gasteiger partial charge on any atom is -0.399 e. The zero-order valence-electron chi connectivity index (χ0n) is 7.05. The van der Waals surface area contributed by atoms with Gasteiger partial charge in [0.1, 0.15) is 0 Å². The summed E-state index contributed by atoms with van der Waals surface area (Å²) < 4.78 is 0. The fourth-order valence-electron chi connectivity index (χ4n) is 1.00. The Bertz CT molecular complexity index is 282. The van der Waals surface area contributed by atoms with Crippen molar-refractivity contribution < 1.29 is 0 Å². The molecule has 0 aliphatic heterocycles. The van der Waals surface area contributed by atoms with Gasteiger partial charge in [-0.25, -0.2) is 0 Å². The molecule has 64 valence electrons. The SMILES string of the molecule is CCC1=C/C=C(Cl)\C=C/C=C\1N. The number of nitrogens with two attached hydrogens (primary N) is 1. The number of hydrogen-bond donors (Lipinski definition) is 1. The van der Waals surface area contributed by atoms with Gasteiger partial charge < -0.3 is 5.73 Å². The lowest BCUT2D eigenvalue weighted by atomic mass is 10.1. The van der Waals surface area contributed by atoms with E-state index in [1.165, 1.54) is 0 Å². The van der Waals surface area contributed by atoms with Gasteiger partial charge in [-0.2, -0.15) is 0 Å². The first-order valence-corrected chi connectivity index (χ1v) is 4.32. The maximum Gasteiger partial charge on any atom is 0.0406 e. The van der Waals surface area contributed by atoms with Gasteiger partial charge in [0.25, 0.3) is 0 Å². The molecule has 0 radical (unpaired) electrons. The van der Waals surface area contributed by atoms with E-state index in [1.54, 1.807) is 0 Å². The molecule has 0 saturated heterocycles. The fourth-order valence-corrected chi connectivity index (χ4v) is 1.14. The zero-order chi connectivity index (χ0) is 8.97. The number of halogens is 1. The van der Waals surface area contributed by atoms with E-state index in [2.05, 4.69) is 6.92 Å². The molecule has 0 unspecified atom stereocenters. The molecular weight excluding hydrogens is 170 g/mol. The molecule has 0 aromatic rings. The molecule has 0 amide bonds. The van der Waals surface area contributed by atoms with Crippen molar-refractivity contribution in [3.8, 4) is 0 Å². The molecule has 12 heavy (non-hydrogen) atoms. The first kappa shape index (κ1) is 9.14. The Morgan fingerprint density at radius 1 is 1.33 bits per heavy atom. The second-order valence-electron chi connectivity index (χ2n) is 2.58. The average molecular weight is 182 g/mol. The quantitative estimate of drug-likeness (QED) is 0.662. The summed E-state index contributed by atoms with van der Waals surface area (Å²) in [6, 6.07) is 0. The molecular formula is C10H12ClN. The van der Waals surface area contributed by atoms with Crippen LogP contribution in [0.1, 0.15) is 13.3 Å². The summed E-state index contributed by atoms with van der Waals surface area (Å²) in [5.74, 6) is 0. The first-order chi connectivity index (χ1) is 5.74. The van der Waals surface area contributed by atoms with E-state index in [4.69, 9.17) is 17.3 Å². The predicted octanol–water partition coefficient (Wildman–Crippen LogP) is 2.86. The smallest absolute Gasteiger partial charge is 0.0406 e. The third kappa shape index (κ3) is 2.28. The van der Waals surface area contributed by atoms with Gasteiger partial charge in [0, 0.05) is 10.7 Å². The minimum absolute atomic E-state index is 0.727. The highest BCUT2D eigenvalue weighted by Gasteiger charge is 1.97. The standard InChI is InChI=1S/C10H12ClN/c1-2-8-6-7-9(11)4-3-5-10(8)12/h3-7H,2,12H2,1H3/b4-3-,5-3?,7-6?,8-6-,9-4?,9-7+,10-5+,10-8?. The molecule has 0 bridgehead atoms. The molecule has 1 rings (SSSR count). The van der Waals surface area contributed by atoms with Gasteiger partial charge in [-0.15, -0.1) is 0 Å². The van der Waals surface area contributed by atoms with Gasteiger partial charge in [0.2, 0.25) is 0 Å². The molecule has 1 nitrogen and oxygen atoms in total. The fraction of sp³-hybridized carbons (Fsp3) is 0.200. The lowest BCUT2D eigenvalue weighted by Crippen LogP contribution is -2.00. The van der Waals surface area contributed by atoms with Gasteiger partial charge in [-0.1, -0.05) is 30.7 Å². The third-order valence-corrected chi connectivity index (χ3v) is 1.98. The summed E-state index contributed by atoms with van der Waals surface area (Å²) in [6.07, 6.45) is 10.3. The predicted molar refractivity (Wildman–Crippen MR) is 53.7 cm³/mol. The van der Waals surface area contributed by atoms with E-state index in [9.17, 15) is 0 Å². The van der Waals surface area contributed by atoms with Crippen LogP contribution in [0.25, 0.3) is 0 Å². The topological polar surface area (TPSA) is 26.0 Å². The largest absolute Gasteiger partial charge is 0.399 e. The Hall–Kier alpha value is -0.950. The Kier molecular flexibility index (Phi) is 3.18. The van der Waals surface area contributed by atoms with E-state index in [1.807, 2.05) is 30.4 Å². The molecule has 1 aliphatic rings. The summed E-state index contributed by atoms with van der Waals surface area (Å²) in [6.45, 7) is 2.07. The Morgan fingerprint density at radius 3 is 2.75 bits per heavy atom.